The number of ether oxygens (including phenoxy) is 1. The van der Waals surface area contributed by atoms with Gasteiger partial charge in [0.15, 0.2) is 0 Å². The Morgan fingerprint density at radius 1 is 1.21 bits per heavy atom. The van der Waals surface area contributed by atoms with Crippen molar-refractivity contribution in [2.75, 3.05) is 26.7 Å². The van der Waals surface area contributed by atoms with Crippen LogP contribution >= 0.6 is 11.6 Å². The van der Waals surface area contributed by atoms with Crippen molar-refractivity contribution in [1.29, 1.82) is 0 Å². The van der Waals surface area contributed by atoms with Crippen molar-refractivity contribution >= 4 is 17.5 Å². The van der Waals surface area contributed by atoms with Gasteiger partial charge in [-0.3, -0.25) is 9.69 Å². The number of fused-ring (bicyclic) bond motifs is 4. The van der Waals surface area contributed by atoms with Crippen LogP contribution in [0, 0.1) is 11.8 Å². The van der Waals surface area contributed by atoms with Crippen molar-refractivity contribution in [3.05, 3.63) is 28.8 Å². The number of methoxy groups -OCH3 is 1. The average Bonchev–Trinajstić information content (AvgIpc) is 3.39. The normalized spacial score (nSPS) is 27.4. The Morgan fingerprint density at radius 3 is 2.75 bits per heavy atom. The first kappa shape index (κ1) is 16.2. The number of piperidine rings is 1. The summed E-state index contributed by atoms with van der Waals surface area (Å²) < 4.78 is 5.23. The molecule has 4 fully saturated rings. The van der Waals surface area contributed by atoms with Crippen molar-refractivity contribution in [3.8, 4) is 5.75 Å². The number of amides is 1. The predicted molar refractivity (Wildman–Crippen MR) is 94.2 cm³/mol. The fraction of sp³-hybridized carbons (Fsp3) is 0.632. The van der Waals surface area contributed by atoms with E-state index in [0.29, 0.717) is 22.7 Å². The van der Waals surface area contributed by atoms with Crippen LogP contribution in [0.25, 0.3) is 0 Å². The summed E-state index contributed by atoms with van der Waals surface area (Å²) in [5, 5.41) is 0.652. The molecule has 2 atom stereocenters. The minimum Gasteiger partial charge on any atom is -0.495 e. The van der Waals surface area contributed by atoms with Gasteiger partial charge in [0.25, 0.3) is 0 Å². The molecule has 0 unspecified atom stereocenters. The third kappa shape index (κ3) is 3.27. The van der Waals surface area contributed by atoms with E-state index >= 15 is 0 Å². The minimum absolute atomic E-state index is 0.177. The zero-order chi connectivity index (χ0) is 16.7. The van der Waals surface area contributed by atoms with Gasteiger partial charge >= 0.3 is 0 Å². The lowest BCUT2D eigenvalue weighted by Gasteiger charge is -2.36. The predicted octanol–water partition coefficient (Wildman–Crippen LogP) is 3.18. The van der Waals surface area contributed by atoms with Crippen LogP contribution in [0.15, 0.2) is 18.2 Å². The first-order chi connectivity index (χ1) is 11.6. The van der Waals surface area contributed by atoms with Gasteiger partial charge in [-0.25, -0.2) is 0 Å². The highest BCUT2D eigenvalue weighted by molar-refractivity contribution is 6.32. The van der Waals surface area contributed by atoms with E-state index < -0.39 is 0 Å². The van der Waals surface area contributed by atoms with Crippen LogP contribution in [0.4, 0.5) is 0 Å². The van der Waals surface area contributed by atoms with E-state index in [1.807, 2.05) is 12.1 Å². The van der Waals surface area contributed by atoms with E-state index in [1.165, 1.54) is 18.4 Å². The molecule has 1 amide bonds. The summed E-state index contributed by atoms with van der Waals surface area (Å²) in [6, 6.07) is 6.37. The topological polar surface area (TPSA) is 32.8 Å². The second-order valence-electron chi connectivity index (χ2n) is 7.53. The van der Waals surface area contributed by atoms with Crippen molar-refractivity contribution in [2.45, 2.75) is 38.3 Å². The molecule has 4 aliphatic rings. The Kier molecular flexibility index (Phi) is 4.44. The average molecular weight is 349 g/mol. The number of carbonyl (C=O) groups is 1. The van der Waals surface area contributed by atoms with Crippen LogP contribution in [0.3, 0.4) is 0 Å². The van der Waals surface area contributed by atoms with Gasteiger partial charge in [0.1, 0.15) is 5.75 Å². The van der Waals surface area contributed by atoms with Crippen molar-refractivity contribution in [1.82, 2.24) is 9.80 Å². The lowest BCUT2D eigenvalue weighted by molar-refractivity contribution is -0.140. The minimum atomic E-state index is 0.177. The van der Waals surface area contributed by atoms with E-state index in [0.717, 1.165) is 44.9 Å². The molecule has 5 heteroatoms. The molecule has 3 saturated heterocycles. The molecule has 1 saturated carbocycles. The summed E-state index contributed by atoms with van der Waals surface area (Å²) in [6.45, 7) is 3.70. The van der Waals surface area contributed by atoms with Gasteiger partial charge in [-0.1, -0.05) is 17.7 Å². The first-order valence-electron chi connectivity index (χ1n) is 8.99. The summed E-state index contributed by atoms with van der Waals surface area (Å²) >= 11 is 6.25. The Labute approximate surface area is 148 Å². The monoisotopic (exact) mass is 348 g/mol. The summed E-state index contributed by atoms with van der Waals surface area (Å²) in [5.74, 6) is 2.05. The molecular formula is C19H25ClN2O2. The summed E-state index contributed by atoms with van der Waals surface area (Å²) in [5.41, 5.74) is 1.18. The zero-order valence-electron chi connectivity index (χ0n) is 14.2. The highest BCUT2D eigenvalue weighted by Gasteiger charge is 2.42. The third-order valence-corrected chi connectivity index (χ3v) is 5.94. The lowest BCUT2D eigenvalue weighted by atomic mass is 9.94. The molecule has 4 nitrogen and oxygen atoms in total. The molecule has 5 rings (SSSR count). The summed E-state index contributed by atoms with van der Waals surface area (Å²) in [4.78, 5) is 17.4. The molecule has 24 heavy (non-hydrogen) atoms. The Balaban J connectivity index is 1.47. The maximum absolute atomic E-state index is 12.8. The SMILES string of the molecule is COc1ccc(CN2C[C@@H]3CC[C@H](C2)N(CC2CC2)C3=O)cc1Cl. The van der Waals surface area contributed by atoms with Crippen LogP contribution in [0.2, 0.25) is 5.02 Å². The van der Waals surface area contributed by atoms with Gasteiger partial charge in [-0.05, 0) is 49.3 Å². The van der Waals surface area contributed by atoms with Gasteiger partial charge in [0, 0.05) is 32.2 Å². The molecule has 0 radical (unpaired) electrons. The molecule has 0 N–H and O–H groups in total. The highest BCUT2D eigenvalue weighted by atomic mass is 35.5. The maximum Gasteiger partial charge on any atom is 0.227 e. The van der Waals surface area contributed by atoms with E-state index in [4.69, 9.17) is 16.3 Å². The Bertz CT molecular complexity index is 632. The Hall–Kier alpha value is -1.26. The van der Waals surface area contributed by atoms with E-state index in [9.17, 15) is 4.79 Å². The molecule has 3 aliphatic heterocycles. The number of hydrogen-bond donors (Lipinski definition) is 0. The van der Waals surface area contributed by atoms with Crippen LogP contribution in [-0.2, 0) is 11.3 Å². The van der Waals surface area contributed by atoms with E-state index in [2.05, 4.69) is 15.9 Å². The van der Waals surface area contributed by atoms with Crippen molar-refractivity contribution in [3.63, 3.8) is 0 Å². The van der Waals surface area contributed by atoms with E-state index in [-0.39, 0.29) is 5.92 Å². The molecule has 1 aromatic rings. The number of rotatable bonds is 5. The van der Waals surface area contributed by atoms with E-state index in [1.54, 1.807) is 7.11 Å². The molecule has 1 aliphatic carbocycles. The number of nitrogens with zero attached hydrogens (tertiary/aromatic N) is 2. The molecule has 2 bridgehead atoms. The molecule has 0 aromatic heterocycles. The second-order valence-corrected chi connectivity index (χ2v) is 7.93. The molecule has 3 heterocycles. The smallest absolute Gasteiger partial charge is 0.227 e. The largest absolute Gasteiger partial charge is 0.495 e. The highest BCUT2D eigenvalue weighted by Crippen LogP contribution is 2.36. The van der Waals surface area contributed by atoms with Gasteiger partial charge in [-0.15, -0.1) is 0 Å². The zero-order valence-corrected chi connectivity index (χ0v) is 15.0. The standard InChI is InChI=1S/C19H25ClN2O2/c1-24-18-7-4-14(8-17(18)20)9-21-11-15-5-6-16(12-21)22(19(15)23)10-13-2-3-13/h4,7-8,13,15-16H,2-3,5-6,9-12H2,1H3/t15-,16+/m0/s1. The van der Waals surface area contributed by atoms with Gasteiger partial charge in [-0.2, -0.15) is 0 Å². The number of benzene rings is 1. The van der Waals surface area contributed by atoms with Crippen LogP contribution in [0.5, 0.6) is 5.75 Å². The van der Waals surface area contributed by atoms with Gasteiger partial charge < -0.3 is 9.64 Å². The van der Waals surface area contributed by atoms with Crippen LogP contribution in [0.1, 0.15) is 31.2 Å². The fourth-order valence-corrected chi connectivity index (χ4v) is 4.42. The summed E-state index contributed by atoms with van der Waals surface area (Å²) in [7, 11) is 1.63. The molecular weight excluding hydrogens is 324 g/mol. The number of carbonyl (C=O) groups excluding carboxylic acids is 1. The van der Waals surface area contributed by atoms with Crippen LogP contribution < -0.4 is 4.74 Å². The van der Waals surface area contributed by atoms with Gasteiger partial charge in [0.2, 0.25) is 5.91 Å². The van der Waals surface area contributed by atoms with Crippen LogP contribution in [-0.4, -0.2) is 48.5 Å². The number of hydrogen-bond acceptors (Lipinski definition) is 3. The summed E-state index contributed by atoms with van der Waals surface area (Å²) in [6.07, 6.45) is 4.80. The maximum atomic E-state index is 12.8. The fourth-order valence-electron chi connectivity index (χ4n) is 4.14. The molecule has 130 valence electrons. The molecule has 0 spiro atoms. The second kappa shape index (κ2) is 6.57. The molecule has 1 aromatic carbocycles. The van der Waals surface area contributed by atoms with Crippen molar-refractivity contribution < 1.29 is 9.53 Å². The Morgan fingerprint density at radius 2 is 2.04 bits per heavy atom. The number of halogens is 1. The lowest BCUT2D eigenvalue weighted by Crippen LogP contribution is -2.48. The quantitative estimate of drug-likeness (QED) is 0.819. The van der Waals surface area contributed by atoms with Crippen molar-refractivity contribution in [2.24, 2.45) is 11.8 Å². The third-order valence-electron chi connectivity index (χ3n) is 5.64. The van der Waals surface area contributed by atoms with Gasteiger partial charge in [0.05, 0.1) is 18.1 Å². The first-order valence-corrected chi connectivity index (χ1v) is 9.37.